The number of rotatable bonds is 5. The van der Waals surface area contributed by atoms with Crippen LogP contribution < -0.4 is 0 Å². The Kier molecular flexibility index (Phi) is 5.67. The van der Waals surface area contributed by atoms with Gasteiger partial charge in [0.1, 0.15) is 18.5 Å². The molecular formula is C21H14FNO2S. The largest absolute Gasteiger partial charge is 0.457 e. The number of benzene rings is 3. The third kappa shape index (κ3) is 4.29. The molecule has 3 rings (SSSR count). The van der Waals surface area contributed by atoms with E-state index in [1.165, 1.54) is 23.9 Å². The average Bonchev–Trinajstić information content (AvgIpc) is 2.68. The highest BCUT2D eigenvalue weighted by molar-refractivity contribution is 7.99. The highest BCUT2D eigenvalue weighted by Gasteiger charge is 2.15. The lowest BCUT2D eigenvalue weighted by Gasteiger charge is -2.10. The van der Waals surface area contributed by atoms with Gasteiger partial charge in [-0.25, -0.2) is 9.18 Å². The number of carbonyl (C=O) groups excluding carboxylic acids is 1. The van der Waals surface area contributed by atoms with Crippen molar-refractivity contribution in [3.63, 3.8) is 0 Å². The second-order valence-corrected chi connectivity index (χ2v) is 6.49. The van der Waals surface area contributed by atoms with Gasteiger partial charge in [-0.05, 0) is 42.0 Å². The van der Waals surface area contributed by atoms with Gasteiger partial charge in [0, 0.05) is 9.79 Å². The molecule has 0 aliphatic heterocycles. The van der Waals surface area contributed by atoms with Crippen LogP contribution in [0.1, 0.15) is 21.5 Å². The van der Waals surface area contributed by atoms with Crippen LogP contribution in [-0.2, 0) is 11.3 Å². The second kappa shape index (κ2) is 8.32. The molecule has 5 heteroatoms. The number of nitrogens with zero attached hydrogens (tertiary/aromatic N) is 1. The maximum absolute atomic E-state index is 12.9. The SMILES string of the molecule is N#Cc1ccccc1Sc1ccccc1C(=O)OCc1ccc(F)cc1. The molecule has 0 aliphatic rings. The summed E-state index contributed by atoms with van der Waals surface area (Å²) in [4.78, 5) is 14.0. The fourth-order valence-corrected chi connectivity index (χ4v) is 3.31. The predicted octanol–water partition coefficient (Wildman–Crippen LogP) is 5.21. The van der Waals surface area contributed by atoms with Crippen LogP contribution in [0.25, 0.3) is 0 Å². The van der Waals surface area contributed by atoms with Crippen molar-refractivity contribution in [2.45, 2.75) is 16.4 Å². The molecule has 0 aromatic heterocycles. The van der Waals surface area contributed by atoms with Crippen LogP contribution in [0.5, 0.6) is 0 Å². The van der Waals surface area contributed by atoms with E-state index >= 15 is 0 Å². The smallest absolute Gasteiger partial charge is 0.339 e. The van der Waals surface area contributed by atoms with Crippen LogP contribution in [0.4, 0.5) is 4.39 Å². The van der Waals surface area contributed by atoms with Crippen molar-refractivity contribution in [1.82, 2.24) is 0 Å². The topological polar surface area (TPSA) is 50.1 Å². The minimum Gasteiger partial charge on any atom is -0.457 e. The van der Waals surface area contributed by atoms with Crippen molar-refractivity contribution >= 4 is 17.7 Å². The predicted molar refractivity (Wildman–Crippen MR) is 97.2 cm³/mol. The highest BCUT2D eigenvalue weighted by Crippen LogP contribution is 2.32. The molecule has 128 valence electrons. The van der Waals surface area contributed by atoms with Crippen LogP contribution in [0.2, 0.25) is 0 Å². The quantitative estimate of drug-likeness (QED) is 0.584. The Balaban J connectivity index is 1.77. The molecule has 0 heterocycles. The van der Waals surface area contributed by atoms with E-state index in [9.17, 15) is 14.4 Å². The molecule has 3 aromatic rings. The van der Waals surface area contributed by atoms with E-state index in [0.29, 0.717) is 21.6 Å². The van der Waals surface area contributed by atoms with E-state index in [1.807, 2.05) is 24.3 Å². The number of hydrogen-bond acceptors (Lipinski definition) is 4. The van der Waals surface area contributed by atoms with Crippen LogP contribution in [0.15, 0.2) is 82.6 Å². The fourth-order valence-electron chi connectivity index (χ4n) is 2.30. The number of esters is 1. The van der Waals surface area contributed by atoms with Gasteiger partial charge in [-0.2, -0.15) is 5.26 Å². The molecule has 0 spiro atoms. The van der Waals surface area contributed by atoms with Crippen molar-refractivity contribution in [1.29, 1.82) is 5.26 Å². The first-order valence-corrected chi connectivity index (χ1v) is 8.66. The average molecular weight is 363 g/mol. The fraction of sp³-hybridized carbons (Fsp3) is 0.0476. The lowest BCUT2D eigenvalue weighted by atomic mass is 10.2. The Hall–Kier alpha value is -3.10. The Morgan fingerprint density at radius 3 is 2.35 bits per heavy atom. The van der Waals surface area contributed by atoms with E-state index in [1.54, 1.807) is 36.4 Å². The van der Waals surface area contributed by atoms with Crippen LogP contribution in [0, 0.1) is 17.1 Å². The molecule has 3 aromatic carbocycles. The van der Waals surface area contributed by atoms with Crippen LogP contribution in [-0.4, -0.2) is 5.97 Å². The zero-order chi connectivity index (χ0) is 18.4. The normalized spacial score (nSPS) is 10.2. The third-order valence-corrected chi connectivity index (χ3v) is 4.77. The molecule has 0 bridgehead atoms. The second-order valence-electron chi connectivity index (χ2n) is 5.41. The Morgan fingerprint density at radius 1 is 0.962 bits per heavy atom. The van der Waals surface area contributed by atoms with Gasteiger partial charge < -0.3 is 4.74 Å². The summed E-state index contributed by atoms with van der Waals surface area (Å²) in [6, 6.07) is 22.2. The molecule has 0 amide bonds. The van der Waals surface area contributed by atoms with Gasteiger partial charge in [-0.15, -0.1) is 0 Å². The number of hydrogen-bond donors (Lipinski definition) is 0. The first-order chi connectivity index (χ1) is 12.7. The van der Waals surface area contributed by atoms with Crippen LogP contribution >= 0.6 is 11.8 Å². The van der Waals surface area contributed by atoms with Crippen molar-refractivity contribution in [3.05, 3.63) is 95.3 Å². The minimum atomic E-state index is -0.466. The van der Waals surface area contributed by atoms with Crippen molar-refractivity contribution in [2.75, 3.05) is 0 Å². The Bertz CT molecular complexity index is 964. The number of carbonyl (C=O) groups is 1. The molecule has 26 heavy (non-hydrogen) atoms. The minimum absolute atomic E-state index is 0.0624. The van der Waals surface area contributed by atoms with Crippen molar-refractivity contribution in [2.24, 2.45) is 0 Å². The Morgan fingerprint density at radius 2 is 1.62 bits per heavy atom. The first kappa shape index (κ1) is 17.7. The highest BCUT2D eigenvalue weighted by atomic mass is 32.2. The Labute approximate surface area is 155 Å². The molecule has 0 N–H and O–H groups in total. The standard InChI is InChI=1S/C21H14FNO2S/c22-17-11-9-15(10-12-17)14-25-21(24)18-6-2-4-8-20(18)26-19-7-3-1-5-16(19)13-23/h1-12H,14H2. The molecule has 0 saturated carbocycles. The summed E-state index contributed by atoms with van der Waals surface area (Å²) in [6.45, 7) is 0.0624. The van der Waals surface area contributed by atoms with Crippen LogP contribution in [0.3, 0.4) is 0 Å². The molecule has 0 aliphatic carbocycles. The molecule has 0 radical (unpaired) electrons. The summed E-state index contributed by atoms with van der Waals surface area (Å²) < 4.78 is 18.3. The summed E-state index contributed by atoms with van der Waals surface area (Å²) in [5.41, 5.74) is 1.68. The van der Waals surface area contributed by atoms with Gasteiger partial charge in [-0.1, -0.05) is 48.2 Å². The zero-order valence-electron chi connectivity index (χ0n) is 13.7. The summed E-state index contributed by atoms with van der Waals surface area (Å²) in [5.74, 6) is -0.801. The van der Waals surface area contributed by atoms with Gasteiger partial charge in [-0.3, -0.25) is 0 Å². The van der Waals surface area contributed by atoms with E-state index in [2.05, 4.69) is 6.07 Å². The van der Waals surface area contributed by atoms with E-state index in [4.69, 9.17) is 4.74 Å². The lowest BCUT2D eigenvalue weighted by molar-refractivity contribution is 0.0468. The van der Waals surface area contributed by atoms with E-state index in [0.717, 1.165) is 4.90 Å². The summed E-state index contributed by atoms with van der Waals surface area (Å²) in [6.07, 6.45) is 0. The van der Waals surface area contributed by atoms with Crippen molar-refractivity contribution < 1.29 is 13.9 Å². The first-order valence-electron chi connectivity index (χ1n) is 7.85. The van der Waals surface area contributed by atoms with Gasteiger partial charge >= 0.3 is 5.97 Å². The zero-order valence-corrected chi connectivity index (χ0v) is 14.5. The van der Waals surface area contributed by atoms with E-state index < -0.39 is 5.97 Å². The molecule has 3 nitrogen and oxygen atoms in total. The molecule has 0 unspecified atom stereocenters. The number of halogens is 1. The molecule has 0 fully saturated rings. The summed E-state index contributed by atoms with van der Waals surface area (Å²) in [5, 5.41) is 9.22. The summed E-state index contributed by atoms with van der Waals surface area (Å²) in [7, 11) is 0. The number of nitriles is 1. The molecule has 0 saturated heterocycles. The summed E-state index contributed by atoms with van der Waals surface area (Å²) >= 11 is 1.34. The molecular weight excluding hydrogens is 349 g/mol. The lowest BCUT2D eigenvalue weighted by Crippen LogP contribution is -2.06. The van der Waals surface area contributed by atoms with Gasteiger partial charge in [0.15, 0.2) is 0 Å². The van der Waals surface area contributed by atoms with Gasteiger partial charge in [0.2, 0.25) is 0 Å². The van der Waals surface area contributed by atoms with Crippen molar-refractivity contribution in [3.8, 4) is 6.07 Å². The maximum Gasteiger partial charge on any atom is 0.339 e. The number of ether oxygens (including phenoxy) is 1. The molecule has 0 atom stereocenters. The third-order valence-electron chi connectivity index (χ3n) is 3.62. The maximum atomic E-state index is 12.9. The van der Waals surface area contributed by atoms with Gasteiger partial charge in [0.25, 0.3) is 0 Å². The van der Waals surface area contributed by atoms with Gasteiger partial charge in [0.05, 0.1) is 11.1 Å². The monoisotopic (exact) mass is 363 g/mol. The van der Waals surface area contributed by atoms with E-state index in [-0.39, 0.29) is 12.4 Å².